The first kappa shape index (κ1) is 13.4. The van der Waals surface area contributed by atoms with Crippen molar-refractivity contribution in [3.63, 3.8) is 0 Å². The normalized spacial score (nSPS) is 32.1. The lowest BCUT2D eigenvalue weighted by molar-refractivity contribution is 0.0500. The second-order valence-corrected chi connectivity index (χ2v) is 6.16. The SMILES string of the molecule is CCNCC(C)CN1CCC[C@H]2CCCC[C@H]21. The molecule has 2 fully saturated rings. The minimum atomic E-state index is 0.802. The maximum Gasteiger partial charge on any atom is 0.0124 e. The molecule has 1 N–H and O–H groups in total. The molecule has 1 saturated carbocycles. The Morgan fingerprint density at radius 2 is 1.94 bits per heavy atom. The fourth-order valence-corrected chi connectivity index (χ4v) is 3.81. The van der Waals surface area contributed by atoms with Gasteiger partial charge >= 0.3 is 0 Å². The van der Waals surface area contributed by atoms with Crippen LogP contribution in [-0.4, -0.2) is 37.1 Å². The quantitative estimate of drug-likeness (QED) is 0.792. The molecule has 100 valence electrons. The first-order chi connectivity index (χ1) is 8.31. The van der Waals surface area contributed by atoms with Crippen molar-refractivity contribution in [1.29, 1.82) is 0 Å². The summed E-state index contributed by atoms with van der Waals surface area (Å²) in [4.78, 5) is 2.81. The van der Waals surface area contributed by atoms with Gasteiger partial charge in [0.2, 0.25) is 0 Å². The van der Waals surface area contributed by atoms with E-state index >= 15 is 0 Å². The molecule has 0 spiro atoms. The van der Waals surface area contributed by atoms with Gasteiger partial charge in [0.25, 0.3) is 0 Å². The second kappa shape index (κ2) is 6.75. The van der Waals surface area contributed by atoms with Crippen molar-refractivity contribution < 1.29 is 0 Å². The van der Waals surface area contributed by atoms with Gasteiger partial charge in [-0.15, -0.1) is 0 Å². The molecule has 0 amide bonds. The third-order valence-corrected chi connectivity index (χ3v) is 4.65. The van der Waals surface area contributed by atoms with E-state index in [1.54, 1.807) is 0 Å². The number of rotatable bonds is 5. The molecule has 3 atom stereocenters. The van der Waals surface area contributed by atoms with Crippen LogP contribution in [0.3, 0.4) is 0 Å². The highest BCUT2D eigenvalue weighted by atomic mass is 15.2. The number of nitrogens with zero attached hydrogens (tertiary/aromatic N) is 1. The van der Waals surface area contributed by atoms with Crippen LogP contribution in [0.4, 0.5) is 0 Å². The van der Waals surface area contributed by atoms with Gasteiger partial charge in [0.05, 0.1) is 0 Å². The Balaban J connectivity index is 1.81. The van der Waals surface area contributed by atoms with Crippen molar-refractivity contribution in [2.45, 2.75) is 58.4 Å². The van der Waals surface area contributed by atoms with Crippen molar-refractivity contribution >= 4 is 0 Å². The predicted octanol–water partition coefficient (Wildman–Crippen LogP) is 2.89. The van der Waals surface area contributed by atoms with Crippen LogP contribution in [0.25, 0.3) is 0 Å². The Kier molecular flexibility index (Phi) is 5.30. The van der Waals surface area contributed by atoms with E-state index < -0.39 is 0 Å². The van der Waals surface area contributed by atoms with Crippen LogP contribution in [0.5, 0.6) is 0 Å². The Bertz CT molecular complexity index is 215. The number of nitrogens with one attached hydrogen (secondary N) is 1. The predicted molar refractivity (Wildman–Crippen MR) is 74.3 cm³/mol. The molecule has 0 aromatic carbocycles. The average molecular weight is 238 g/mol. The van der Waals surface area contributed by atoms with E-state index in [-0.39, 0.29) is 0 Å². The van der Waals surface area contributed by atoms with E-state index in [1.165, 1.54) is 58.2 Å². The van der Waals surface area contributed by atoms with E-state index in [0.29, 0.717) is 0 Å². The van der Waals surface area contributed by atoms with Gasteiger partial charge in [-0.25, -0.2) is 0 Å². The molecule has 0 bridgehead atoms. The molecule has 0 aromatic rings. The average Bonchev–Trinajstić information content (AvgIpc) is 2.37. The minimum absolute atomic E-state index is 0.802. The Morgan fingerprint density at radius 1 is 1.18 bits per heavy atom. The van der Waals surface area contributed by atoms with Crippen LogP contribution in [0, 0.1) is 11.8 Å². The number of hydrogen-bond donors (Lipinski definition) is 1. The molecule has 1 unspecified atom stereocenters. The van der Waals surface area contributed by atoms with Crippen molar-refractivity contribution in [1.82, 2.24) is 10.2 Å². The van der Waals surface area contributed by atoms with Crippen LogP contribution in [-0.2, 0) is 0 Å². The lowest BCUT2D eigenvalue weighted by Gasteiger charge is -2.45. The van der Waals surface area contributed by atoms with Gasteiger partial charge in [-0.2, -0.15) is 0 Å². The molecule has 2 nitrogen and oxygen atoms in total. The lowest BCUT2D eigenvalue weighted by atomic mass is 9.78. The first-order valence-electron chi connectivity index (χ1n) is 7.76. The molecule has 17 heavy (non-hydrogen) atoms. The summed E-state index contributed by atoms with van der Waals surface area (Å²) >= 11 is 0. The van der Waals surface area contributed by atoms with E-state index in [4.69, 9.17) is 0 Å². The molecule has 2 aliphatic rings. The number of fused-ring (bicyclic) bond motifs is 1. The van der Waals surface area contributed by atoms with E-state index in [1.807, 2.05) is 0 Å². The summed E-state index contributed by atoms with van der Waals surface area (Å²) in [6, 6.07) is 0.932. The summed E-state index contributed by atoms with van der Waals surface area (Å²) in [5.74, 6) is 1.83. The van der Waals surface area contributed by atoms with Crippen LogP contribution in [0.15, 0.2) is 0 Å². The zero-order valence-corrected chi connectivity index (χ0v) is 11.8. The van der Waals surface area contributed by atoms with Crippen molar-refractivity contribution in [2.24, 2.45) is 11.8 Å². The Morgan fingerprint density at radius 3 is 2.76 bits per heavy atom. The fourth-order valence-electron chi connectivity index (χ4n) is 3.81. The van der Waals surface area contributed by atoms with Gasteiger partial charge in [-0.05, 0) is 57.2 Å². The number of hydrogen-bond acceptors (Lipinski definition) is 2. The van der Waals surface area contributed by atoms with Gasteiger partial charge in [0.1, 0.15) is 0 Å². The third kappa shape index (κ3) is 3.69. The fraction of sp³-hybridized carbons (Fsp3) is 1.00. The van der Waals surface area contributed by atoms with Gasteiger partial charge < -0.3 is 5.32 Å². The van der Waals surface area contributed by atoms with Crippen LogP contribution in [0.1, 0.15) is 52.4 Å². The number of piperidine rings is 1. The lowest BCUT2D eigenvalue weighted by Crippen LogP contribution is -2.49. The molecule has 1 aliphatic carbocycles. The summed E-state index contributed by atoms with van der Waals surface area (Å²) in [6.07, 6.45) is 8.88. The van der Waals surface area contributed by atoms with Crippen molar-refractivity contribution in [2.75, 3.05) is 26.2 Å². The molecule has 2 rings (SSSR count). The smallest absolute Gasteiger partial charge is 0.0124 e. The van der Waals surface area contributed by atoms with Gasteiger partial charge in [0.15, 0.2) is 0 Å². The van der Waals surface area contributed by atoms with Gasteiger partial charge in [-0.3, -0.25) is 4.90 Å². The van der Waals surface area contributed by atoms with E-state index in [9.17, 15) is 0 Å². The van der Waals surface area contributed by atoms with Crippen molar-refractivity contribution in [3.05, 3.63) is 0 Å². The highest BCUT2D eigenvalue weighted by Crippen LogP contribution is 2.35. The maximum absolute atomic E-state index is 3.48. The van der Waals surface area contributed by atoms with Crippen LogP contribution >= 0.6 is 0 Å². The van der Waals surface area contributed by atoms with Gasteiger partial charge in [0, 0.05) is 12.6 Å². The monoisotopic (exact) mass is 238 g/mol. The summed E-state index contributed by atoms with van der Waals surface area (Å²) in [6.45, 7) is 9.56. The zero-order valence-electron chi connectivity index (χ0n) is 11.8. The topological polar surface area (TPSA) is 15.3 Å². The Hall–Kier alpha value is -0.0800. The summed E-state index contributed by atoms with van der Waals surface area (Å²) < 4.78 is 0. The largest absolute Gasteiger partial charge is 0.317 e. The maximum atomic E-state index is 3.48. The van der Waals surface area contributed by atoms with E-state index in [0.717, 1.165) is 24.4 Å². The molecular formula is C15H30N2. The minimum Gasteiger partial charge on any atom is -0.317 e. The summed E-state index contributed by atoms with van der Waals surface area (Å²) in [5.41, 5.74) is 0. The highest BCUT2D eigenvalue weighted by molar-refractivity contribution is 4.87. The standard InChI is InChI=1S/C15H30N2/c1-3-16-11-13(2)12-17-10-6-8-14-7-4-5-9-15(14)17/h13-16H,3-12H2,1-2H3/t13?,14-,15-/m1/s1. The molecule has 1 aliphatic heterocycles. The van der Waals surface area contributed by atoms with Crippen LogP contribution in [0.2, 0.25) is 0 Å². The van der Waals surface area contributed by atoms with Crippen LogP contribution < -0.4 is 5.32 Å². The first-order valence-corrected chi connectivity index (χ1v) is 7.76. The summed E-state index contributed by atoms with van der Waals surface area (Å²) in [7, 11) is 0. The summed E-state index contributed by atoms with van der Waals surface area (Å²) in [5, 5.41) is 3.48. The highest BCUT2D eigenvalue weighted by Gasteiger charge is 2.33. The van der Waals surface area contributed by atoms with E-state index in [2.05, 4.69) is 24.1 Å². The molecule has 1 heterocycles. The third-order valence-electron chi connectivity index (χ3n) is 4.65. The van der Waals surface area contributed by atoms with Crippen molar-refractivity contribution in [3.8, 4) is 0 Å². The number of likely N-dealkylation sites (tertiary alicyclic amines) is 1. The van der Waals surface area contributed by atoms with Gasteiger partial charge in [-0.1, -0.05) is 26.7 Å². The molecule has 1 saturated heterocycles. The molecule has 0 aromatic heterocycles. The molecule has 0 radical (unpaired) electrons. The molecular weight excluding hydrogens is 208 g/mol. The Labute approximate surface area is 107 Å². The molecule has 2 heteroatoms. The second-order valence-electron chi connectivity index (χ2n) is 6.16. The zero-order chi connectivity index (χ0) is 12.1.